The van der Waals surface area contributed by atoms with Crippen LogP contribution in [0.3, 0.4) is 0 Å². The largest absolute Gasteiger partial charge is 0.256 e. The first kappa shape index (κ1) is 23.7. The second-order valence-electron chi connectivity index (χ2n) is 8.66. The lowest BCUT2D eigenvalue weighted by molar-refractivity contribution is -0.704. The molecule has 0 aliphatic heterocycles. The summed E-state index contributed by atoms with van der Waals surface area (Å²) in [5.41, 5.74) is 1.40. The standard InChI is InChI=1S/C27H45N2/c1-3-5-7-9-11-13-18-22-28-23-24-29(25-26-19-15-14-16-20-26)27(28)21-17-12-10-8-6-4-2/h14-16,19-20,23-24H,3-13,17-18,21-22,25H2,1-2H3/q+1. The highest BCUT2D eigenvalue weighted by Crippen LogP contribution is 2.12. The highest BCUT2D eigenvalue weighted by atomic mass is 15.1. The third-order valence-electron chi connectivity index (χ3n) is 6.04. The van der Waals surface area contributed by atoms with Gasteiger partial charge in [-0.05, 0) is 24.8 Å². The Morgan fingerprint density at radius 2 is 1.28 bits per heavy atom. The predicted octanol–water partition coefficient (Wildman–Crippen LogP) is 7.48. The highest BCUT2D eigenvalue weighted by molar-refractivity contribution is 5.15. The van der Waals surface area contributed by atoms with Crippen molar-refractivity contribution in [3.63, 3.8) is 0 Å². The second kappa shape index (κ2) is 15.3. The molecule has 0 atom stereocenters. The summed E-state index contributed by atoms with van der Waals surface area (Å²) in [6, 6.07) is 10.9. The summed E-state index contributed by atoms with van der Waals surface area (Å²) in [6.07, 6.45) is 23.7. The molecule has 162 valence electrons. The van der Waals surface area contributed by atoms with E-state index < -0.39 is 0 Å². The summed E-state index contributed by atoms with van der Waals surface area (Å²) in [5.74, 6) is 1.52. The third kappa shape index (κ3) is 9.65. The van der Waals surface area contributed by atoms with Crippen LogP contribution in [0.25, 0.3) is 0 Å². The molecule has 0 spiro atoms. The van der Waals surface area contributed by atoms with Crippen molar-refractivity contribution >= 4 is 0 Å². The van der Waals surface area contributed by atoms with Gasteiger partial charge in [-0.3, -0.25) is 0 Å². The molecule has 0 saturated carbocycles. The van der Waals surface area contributed by atoms with Crippen molar-refractivity contribution in [2.24, 2.45) is 0 Å². The Morgan fingerprint density at radius 1 is 0.690 bits per heavy atom. The molecule has 29 heavy (non-hydrogen) atoms. The second-order valence-corrected chi connectivity index (χ2v) is 8.66. The van der Waals surface area contributed by atoms with E-state index in [4.69, 9.17) is 0 Å². The lowest BCUT2D eigenvalue weighted by Gasteiger charge is -2.07. The number of aromatic nitrogens is 2. The molecule has 2 nitrogen and oxygen atoms in total. The first-order valence-corrected chi connectivity index (χ1v) is 12.5. The number of aryl methyl sites for hydroxylation is 1. The molecule has 0 radical (unpaired) electrons. The van der Waals surface area contributed by atoms with Crippen LogP contribution < -0.4 is 4.57 Å². The molecule has 0 fully saturated rings. The summed E-state index contributed by atoms with van der Waals surface area (Å²) < 4.78 is 5.03. The number of rotatable bonds is 17. The lowest BCUT2D eigenvalue weighted by Crippen LogP contribution is -2.37. The average Bonchev–Trinajstić information content (AvgIpc) is 3.12. The quantitative estimate of drug-likeness (QED) is 0.193. The van der Waals surface area contributed by atoms with Crippen molar-refractivity contribution < 1.29 is 4.57 Å². The number of imidazole rings is 1. The van der Waals surface area contributed by atoms with Crippen LogP contribution in [0.15, 0.2) is 42.7 Å². The SMILES string of the molecule is CCCCCCCCC[n+]1ccn(Cc2ccccc2)c1CCCCCCCC. The van der Waals surface area contributed by atoms with Gasteiger partial charge in [-0.15, -0.1) is 0 Å². The number of hydrogen-bond donors (Lipinski definition) is 0. The molecule has 0 aliphatic rings. The summed E-state index contributed by atoms with van der Waals surface area (Å²) in [4.78, 5) is 0. The van der Waals surface area contributed by atoms with E-state index in [-0.39, 0.29) is 0 Å². The zero-order valence-electron chi connectivity index (χ0n) is 19.2. The van der Waals surface area contributed by atoms with Crippen LogP contribution in [0, 0.1) is 0 Å². The Kier molecular flexibility index (Phi) is 12.5. The molecule has 0 N–H and O–H groups in total. The number of unbranched alkanes of at least 4 members (excludes halogenated alkanes) is 11. The Bertz CT molecular complexity index is 629. The maximum absolute atomic E-state index is 2.54. The fourth-order valence-corrected chi connectivity index (χ4v) is 4.22. The van der Waals surface area contributed by atoms with E-state index in [0.29, 0.717) is 0 Å². The van der Waals surface area contributed by atoms with E-state index >= 15 is 0 Å². The average molecular weight is 398 g/mol. The number of hydrogen-bond acceptors (Lipinski definition) is 0. The van der Waals surface area contributed by atoms with Crippen molar-refractivity contribution in [3.05, 3.63) is 54.1 Å². The molecular weight excluding hydrogens is 352 g/mol. The molecule has 0 bridgehead atoms. The Hall–Kier alpha value is -1.57. The highest BCUT2D eigenvalue weighted by Gasteiger charge is 2.17. The van der Waals surface area contributed by atoms with Gasteiger partial charge in [0.05, 0.1) is 6.54 Å². The van der Waals surface area contributed by atoms with Gasteiger partial charge in [0.1, 0.15) is 18.9 Å². The maximum atomic E-state index is 2.54. The van der Waals surface area contributed by atoms with E-state index in [9.17, 15) is 0 Å². The monoisotopic (exact) mass is 397 g/mol. The maximum Gasteiger partial charge on any atom is 0.256 e. The van der Waals surface area contributed by atoms with Crippen molar-refractivity contribution in [3.8, 4) is 0 Å². The van der Waals surface area contributed by atoms with Crippen molar-refractivity contribution in [1.82, 2.24) is 4.57 Å². The normalized spacial score (nSPS) is 11.2. The van der Waals surface area contributed by atoms with Crippen LogP contribution in [-0.4, -0.2) is 4.57 Å². The lowest BCUT2D eigenvalue weighted by atomic mass is 10.1. The van der Waals surface area contributed by atoms with Crippen LogP contribution in [0.4, 0.5) is 0 Å². The molecule has 1 aromatic heterocycles. The van der Waals surface area contributed by atoms with Gasteiger partial charge >= 0.3 is 0 Å². The first-order chi connectivity index (χ1) is 14.3. The molecule has 1 aromatic carbocycles. The van der Waals surface area contributed by atoms with Gasteiger partial charge in [0.2, 0.25) is 0 Å². The fraction of sp³-hybridized carbons (Fsp3) is 0.667. The van der Waals surface area contributed by atoms with Crippen molar-refractivity contribution in [2.45, 2.75) is 117 Å². The smallest absolute Gasteiger partial charge is 0.234 e. The van der Waals surface area contributed by atoms with Gasteiger partial charge in [-0.1, -0.05) is 108 Å². The van der Waals surface area contributed by atoms with Gasteiger partial charge in [0.25, 0.3) is 5.82 Å². The summed E-state index contributed by atoms with van der Waals surface area (Å²) in [6.45, 7) is 6.77. The van der Waals surface area contributed by atoms with Gasteiger partial charge in [-0.25, -0.2) is 9.13 Å². The van der Waals surface area contributed by atoms with E-state index in [1.807, 2.05) is 0 Å². The van der Waals surface area contributed by atoms with Gasteiger partial charge in [-0.2, -0.15) is 0 Å². The summed E-state index contributed by atoms with van der Waals surface area (Å²) in [5, 5.41) is 0. The van der Waals surface area contributed by atoms with E-state index in [2.05, 4.69) is 65.7 Å². The van der Waals surface area contributed by atoms with Crippen LogP contribution in [0.2, 0.25) is 0 Å². The zero-order chi connectivity index (χ0) is 20.6. The Balaban J connectivity index is 1.86. The topological polar surface area (TPSA) is 8.81 Å². The summed E-state index contributed by atoms with van der Waals surface area (Å²) >= 11 is 0. The van der Waals surface area contributed by atoms with Gasteiger partial charge < -0.3 is 0 Å². The first-order valence-electron chi connectivity index (χ1n) is 12.5. The van der Waals surface area contributed by atoms with Gasteiger partial charge in [0.15, 0.2) is 0 Å². The van der Waals surface area contributed by atoms with Crippen LogP contribution >= 0.6 is 0 Å². The molecule has 0 aliphatic carbocycles. The van der Waals surface area contributed by atoms with Crippen LogP contribution in [-0.2, 0) is 19.5 Å². The number of benzene rings is 1. The van der Waals surface area contributed by atoms with E-state index in [0.717, 1.165) is 6.54 Å². The minimum absolute atomic E-state index is 0.996. The summed E-state index contributed by atoms with van der Waals surface area (Å²) in [7, 11) is 0. The molecule has 2 rings (SSSR count). The van der Waals surface area contributed by atoms with Crippen LogP contribution in [0.5, 0.6) is 0 Å². The molecule has 0 unspecified atom stereocenters. The minimum Gasteiger partial charge on any atom is -0.234 e. The van der Waals surface area contributed by atoms with E-state index in [1.54, 1.807) is 0 Å². The van der Waals surface area contributed by atoms with Crippen molar-refractivity contribution in [2.75, 3.05) is 0 Å². The Labute approximate surface area is 180 Å². The number of nitrogens with zero attached hydrogens (tertiary/aromatic N) is 2. The fourth-order valence-electron chi connectivity index (χ4n) is 4.22. The molecule has 0 amide bonds. The molecule has 2 aromatic rings. The van der Waals surface area contributed by atoms with Gasteiger partial charge in [0, 0.05) is 6.42 Å². The molecular formula is C27H45N2+. The minimum atomic E-state index is 0.996. The molecule has 1 heterocycles. The van der Waals surface area contributed by atoms with Crippen molar-refractivity contribution in [1.29, 1.82) is 0 Å². The predicted molar refractivity (Wildman–Crippen MR) is 125 cm³/mol. The molecule has 2 heteroatoms. The Morgan fingerprint density at radius 3 is 1.93 bits per heavy atom. The van der Waals surface area contributed by atoms with Crippen LogP contribution in [0.1, 0.15) is 109 Å². The van der Waals surface area contributed by atoms with E-state index in [1.165, 1.54) is 108 Å². The molecule has 0 saturated heterocycles. The third-order valence-corrected chi connectivity index (χ3v) is 6.04. The zero-order valence-corrected chi connectivity index (χ0v) is 19.2.